The number of hydrogen-bond acceptors (Lipinski definition) is 4. The number of allylic oxidation sites excluding steroid dienone is 1. The van der Waals surface area contributed by atoms with Crippen LogP contribution in [-0.4, -0.2) is 18.4 Å². The number of esters is 1. The summed E-state index contributed by atoms with van der Waals surface area (Å²) < 4.78 is 10.4. The van der Waals surface area contributed by atoms with Gasteiger partial charge in [-0.2, -0.15) is 5.26 Å². The second-order valence-corrected chi connectivity index (χ2v) is 5.51. The fraction of sp³-hybridized carbons (Fsp3) is 0.692. The highest BCUT2D eigenvalue weighted by Gasteiger charge is 2.37. The standard InChI is InChI=1S/C13H19NO3/c1-10(15)16-9-17-13(4)6-11(7-14)5-12(2,3)8-13/h6H,5,8-9H2,1-4H3. The van der Waals surface area contributed by atoms with E-state index >= 15 is 0 Å². The molecule has 0 fully saturated rings. The number of rotatable bonds is 3. The molecule has 1 aliphatic rings. The van der Waals surface area contributed by atoms with Crippen molar-refractivity contribution >= 4 is 5.97 Å². The molecule has 0 saturated carbocycles. The van der Waals surface area contributed by atoms with E-state index in [1.54, 1.807) is 0 Å². The van der Waals surface area contributed by atoms with Crippen LogP contribution in [0.4, 0.5) is 0 Å². The van der Waals surface area contributed by atoms with E-state index < -0.39 is 5.60 Å². The molecule has 0 amide bonds. The smallest absolute Gasteiger partial charge is 0.304 e. The number of carbonyl (C=O) groups is 1. The molecule has 1 unspecified atom stereocenters. The molecule has 0 aliphatic heterocycles. The van der Waals surface area contributed by atoms with E-state index in [0.29, 0.717) is 0 Å². The Labute approximate surface area is 102 Å². The Kier molecular flexibility index (Phi) is 3.94. The Morgan fingerprint density at radius 2 is 2.18 bits per heavy atom. The average Bonchev–Trinajstić information content (AvgIpc) is 2.13. The number of carbonyl (C=O) groups excluding carboxylic acids is 1. The maximum atomic E-state index is 10.7. The zero-order chi connectivity index (χ0) is 13.1. The summed E-state index contributed by atoms with van der Waals surface area (Å²) in [4.78, 5) is 10.7. The van der Waals surface area contributed by atoms with E-state index in [1.165, 1.54) is 6.92 Å². The van der Waals surface area contributed by atoms with Crippen molar-refractivity contribution in [2.45, 2.75) is 46.1 Å². The van der Waals surface area contributed by atoms with Gasteiger partial charge in [0.25, 0.3) is 0 Å². The lowest BCUT2D eigenvalue weighted by Crippen LogP contribution is -2.37. The third kappa shape index (κ3) is 4.20. The first kappa shape index (κ1) is 13.7. The van der Waals surface area contributed by atoms with Gasteiger partial charge >= 0.3 is 5.97 Å². The first-order chi connectivity index (χ1) is 7.76. The highest BCUT2D eigenvalue weighted by atomic mass is 16.7. The Morgan fingerprint density at radius 3 is 2.71 bits per heavy atom. The van der Waals surface area contributed by atoms with Gasteiger partial charge in [0.2, 0.25) is 0 Å². The summed E-state index contributed by atoms with van der Waals surface area (Å²) in [6.45, 7) is 7.38. The summed E-state index contributed by atoms with van der Waals surface area (Å²) in [6, 6.07) is 2.19. The fourth-order valence-corrected chi connectivity index (χ4v) is 2.41. The van der Waals surface area contributed by atoms with Crippen LogP contribution < -0.4 is 0 Å². The van der Waals surface area contributed by atoms with Crippen molar-refractivity contribution < 1.29 is 14.3 Å². The molecule has 0 bridgehead atoms. The molecule has 1 rings (SSSR count). The Bertz CT molecular complexity index is 379. The van der Waals surface area contributed by atoms with Gasteiger partial charge in [-0.3, -0.25) is 4.79 Å². The predicted octanol–water partition coefficient (Wildman–Crippen LogP) is 2.55. The van der Waals surface area contributed by atoms with Crippen molar-refractivity contribution in [2.24, 2.45) is 5.41 Å². The van der Waals surface area contributed by atoms with Crippen molar-refractivity contribution in [1.29, 1.82) is 5.26 Å². The molecule has 1 atom stereocenters. The van der Waals surface area contributed by atoms with Crippen molar-refractivity contribution in [2.75, 3.05) is 6.79 Å². The maximum absolute atomic E-state index is 10.7. The predicted molar refractivity (Wildman–Crippen MR) is 62.8 cm³/mol. The minimum atomic E-state index is -0.539. The van der Waals surface area contributed by atoms with Gasteiger partial charge in [-0.1, -0.05) is 13.8 Å². The molecule has 0 aromatic heterocycles. The van der Waals surface area contributed by atoms with Crippen LogP contribution in [0.2, 0.25) is 0 Å². The van der Waals surface area contributed by atoms with Crippen LogP contribution in [0.5, 0.6) is 0 Å². The molecule has 0 aromatic carbocycles. The molecule has 17 heavy (non-hydrogen) atoms. The van der Waals surface area contributed by atoms with E-state index in [9.17, 15) is 4.79 Å². The summed E-state index contributed by atoms with van der Waals surface area (Å²) in [5.41, 5.74) is 0.208. The highest BCUT2D eigenvalue weighted by molar-refractivity contribution is 5.65. The molecule has 0 radical (unpaired) electrons. The van der Waals surface area contributed by atoms with Crippen LogP contribution in [-0.2, 0) is 14.3 Å². The van der Waals surface area contributed by atoms with Gasteiger partial charge < -0.3 is 9.47 Å². The summed E-state index contributed by atoms with van der Waals surface area (Å²) in [7, 11) is 0. The molecule has 0 spiro atoms. The van der Waals surface area contributed by atoms with E-state index in [0.717, 1.165) is 18.4 Å². The van der Waals surface area contributed by atoms with E-state index in [2.05, 4.69) is 19.9 Å². The van der Waals surface area contributed by atoms with E-state index in [1.807, 2.05) is 13.0 Å². The van der Waals surface area contributed by atoms with Crippen LogP contribution in [0, 0.1) is 16.7 Å². The summed E-state index contributed by atoms with van der Waals surface area (Å²) in [5.74, 6) is -0.367. The minimum Gasteiger partial charge on any atom is -0.439 e. The normalized spacial score (nSPS) is 26.9. The molecule has 1 aliphatic carbocycles. The summed E-state index contributed by atoms with van der Waals surface area (Å²) in [6.07, 6.45) is 3.39. The number of hydrogen-bond donors (Lipinski definition) is 0. The first-order valence-electron chi connectivity index (χ1n) is 5.65. The van der Waals surface area contributed by atoms with Crippen molar-refractivity contribution in [3.8, 4) is 6.07 Å². The summed E-state index contributed by atoms with van der Waals surface area (Å²) in [5, 5.41) is 9.01. The van der Waals surface area contributed by atoms with Crippen LogP contribution >= 0.6 is 0 Å². The number of ether oxygens (including phenoxy) is 2. The molecular weight excluding hydrogens is 218 g/mol. The fourth-order valence-electron chi connectivity index (χ4n) is 2.41. The van der Waals surface area contributed by atoms with Gasteiger partial charge in [-0.15, -0.1) is 0 Å². The second-order valence-electron chi connectivity index (χ2n) is 5.51. The van der Waals surface area contributed by atoms with E-state index in [-0.39, 0.29) is 18.2 Å². The molecular formula is C13H19NO3. The highest BCUT2D eigenvalue weighted by Crippen LogP contribution is 2.41. The summed E-state index contributed by atoms with van der Waals surface area (Å²) >= 11 is 0. The molecule has 0 heterocycles. The SMILES string of the molecule is CC(=O)OCOC1(C)C=C(C#N)CC(C)(C)C1. The average molecular weight is 237 g/mol. The molecule has 0 N–H and O–H groups in total. The zero-order valence-electron chi connectivity index (χ0n) is 10.9. The zero-order valence-corrected chi connectivity index (χ0v) is 10.9. The first-order valence-corrected chi connectivity index (χ1v) is 5.65. The molecule has 0 aromatic rings. The lowest BCUT2D eigenvalue weighted by atomic mass is 9.71. The topological polar surface area (TPSA) is 59.3 Å². The van der Waals surface area contributed by atoms with Gasteiger partial charge in [0.05, 0.1) is 11.7 Å². The minimum absolute atomic E-state index is 0.0186. The van der Waals surface area contributed by atoms with Crippen molar-refractivity contribution in [1.82, 2.24) is 0 Å². The Morgan fingerprint density at radius 1 is 1.53 bits per heavy atom. The van der Waals surface area contributed by atoms with Gasteiger partial charge in [0.1, 0.15) is 0 Å². The quantitative estimate of drug-likeness (QED) is 0.559. The molecule has 4 heteroatoms. The lowest BCUT2D eigenvalue weighted by Gasteiger charge is -2.39. The van der Waals surface area contributed by atoms with Gasteiger partial charge in [0, 0.05) is 12.5 Å². The second kappa shape index (κ2) is 4.89. The third-order valence-corrected chi connectivity index (χ3v) is 2.77. The van der Waals surface area contributed by atoms with Crippen LogP contribution in [0.3, 0.4) is 0 Å². The van der Waals surface area contributed by atoms with Gasteiger partial charge in [0.15, 0.2) is 6.79 Å². The molecule has 94 valence electrons. The van der Waals surface area contributed by atoms with E-state index in [4.69, 9.17) is 14.7 Å². The van der Waals surface area contributed by atoms with Gasteiger partial charge in [-0.05, 0) is 31.3 Å². The third-order valence-electron chi connectivity index (χ3n) is 2.77. The monoisotopic (exact) mass is 237 g/mol. The van der Waals surface area contributed by atoms with Gasteiger partial charge in [-0.25, -0.2) is 0 Å². The van der Waals surface area contributed by atoms with Crippen LogP contribution in [0.25, 0.3) is 0 Å². The number of nitriles is 1. The largest absolute Gasteiger partial charge is 0.439 e. The lowest BCUT2D eigenvalue weighted by molar-refractivity contribution is -0.166. The van der Waals surface area contributed by atoms with Crippen molar-refractivity contribution in [3.05, 3.63) is 11.6 Å². The van der Waals surface area contributed by atoms with Crippen LogP contribution in [0.1, 0.15) is 40.5 Å². The Hall–Kier alpha value is -1.34. The molecule has 4 nitrogen and oxygen atoms in total. The molecule has 0 saturated heterocycles. The van der Waals surface area contributed by atoms with Crippen molar-refractivity contribution in [3.63, 3.8) is 0 Å². The Balaban J connectivity index is 2.73. The maximum Gasteiger partial charge on any atom is 0.304 e. The van der Waals surface area contributed by atoms with Crippen LogP contribution in [0.15, 0.2) is 11.6 Å². The number of nitrogens with zero attached hydrogens (tertiary/aromatic N) is 1.